The highest BCUT2D eigenvalue weighted by Crippen LogP contribution is 2.24. The second-order valence-corrected chi connectivity index (χ2v) is 7.20. The number of rotatable bonds is 11. The van der Waals surface area contributed by atoms with Crippen molar-refractivity contribution in [3.63, 3.8) is 0 Å². The van der Waals surface area contributed by atoms with E-state index >= 15 is 0 Å². The fraction of sp³-hybridized carbons (Fsp3) is 0.667. The maximum absolute atomic E-state index is 5.12. The number of aliphatic imine (C=N–C) groups is 1. The number of guanidine groups is 1. The van der Waals surface area contributed by atoms with Crippen molar-refractivity contribution in [2.45, 2.75) is 25.3 Å². The molecule has 1 atom stereocenters. The third-order valence-corrected chi connectivity index (χ3v) is 5.14. The number of likely N-dealkylation sites (N-methyl/N-ethyl adjacent to an activating group) is 1. The lowest BCUT2D eigenvalue weighted by atomic mass is 10.1. The van der Waals surface area contributed by atoms with Crippen LogP contribution in [0.3, 0.4) is 0 Å². The average Bonchev–Trinajstić information content (AvgIpc) is 3.23. The molecule has 0 aliphatic carbocycles. The molecule has 1 unspecified atom stereocenters. The van der Waals surface area contributed by atoms with Gasteiger partial charge in [0, 0.05) is 33.8 Å². The Labute approximate surface area is 165 Å². The number of likely N-dealkylation sites (tertiary alicyclic amines) is 1. The highest BCUT2D eigenvalue weighted by Gasteiger charge is 2.23. The zero-order valence-corrected chi connectivity index (χ0v) is 17.3. The summed E-state index contributed by atoms with van der Waals surface area (Å²) >= 11 is 0. The molecule has 2 N–H and O–H groups in total. The number of hydrogen-bond donors (Lipinski definition) is 2. The molecule has 0 amide bonds. The highest BCUT2D eigenvalue weighted by atomic mass is 16.5. The van der Waals surface area contributed by atoms with Crippen LogP contribution in [-0.4, -0.2) is 82.8 Å². The van der Waals surface area contributed by atoms with Crippen LogP contribution in [0.15, 0.2) is 35.3 Å². The molecule has 1 aromatic carbocycles. The van der Waals surface area contributed by atoms with E-state index in [0.717, 1.165) is 45.2 Å². The van der Waals surface area contributed by atoms with Gasteiger partial charge in [-0.1, -0.05) is 30.3 Å². The quantitative estimate of drug-likeness (QED) is 0.352. The topological polar surface area (TPSA) is 52.1 Å². The van der Waals surface area contributed by atoms with E-state index in [0.29, 0.717) is 6.04 Å². The fourth-order valence-electron chi connectivity index (χ4n) is 3.51. The van der Waals surface area contributed by atoms with Crippen molar-refractivity contribution in [1.82, 2.24) is 20.4 Å². The first-order valence-corrected chi connectivity index (χ1v) is 10.2. The molecule has 0 bridgehead atoms. The molecule has 1 saturated heterocycles. The Morgan fingerprint density at radius 1 is 1.19 bits per heavy atom. The molecule has 27 heavy (non-hydrogen) atoms. The van der Waals surface area contributed by atoms with Gasteiger partial charge in [0.25, 0.3) is 0 Å². The lowest BCUT2D eigenvalue weighted by Gasteiger charge is -2.29. The third kappa shape index (κ3) is 7.87. The van der Waals surface area contributed by atoms with Crippen LogP contribution in [-0.2, 0) is 4.74 Å². The zero-order chi connectivity index (χ0) is 19.3. The van der Waals surface area contributed by atoms with E-state index in [9.17, 15) is 0 Å². The standard InChI is InChI=1S/C21H37N5O/c1-22-21(23-12-9-13-25(2)16-17-27-3)24-18-20(26-14-7-8-15-26)19-10-5-4-6-11-19/h4-6,10-11,20H,7-9,12-18H2,1-3H3,(H2,22,23,24). The molecule has 6 heteroatoms. The lowest BCUT2D eigenvalue weighted by Crippen LogP contribution is -2.43. The Morgan fingerprint density at radius 2 is 1.93 bits per heavy atom. The SMILES string of the molecule is CN=C(NCCCN(C)CCOC)NCC(c1ccccc1)N1CCCC1. The minimum atomic E-state index is 0.396. The summed E-state index contributed by atoms with van der Waals surface area (Å²) < 4.78 is 5.12. The van der Waals surface area contributed by atoms with Gasteiger partial charge in [-0.2, -0.15) is 0 Å². The Kier molecular flexibility index (Phi) is 10.2. The number of nitrogens with one attached hydrogen (secondary N) is 2. The first-order valence-electron chi connectivity index (χ1n) is 10.2. The van der Waals surface area contributed by atoms with E-state index < -0.39 is 0 Å². The van der Waals surface area contributed by atoms with Crippen LogP contribution in [0.5, 0.6) is 0 Å². The summed E-state index contributed by atoms with van der Waals surface area (Å²) in [6.07, 6.45) is 3.68. The van der Waals surface area contributed by atoms with Crippen molar-refractivity contribution < 1.29 is 4.74 Å². The van der Waals surface area contributed by atoms with E-state index in [4.69, 9.17) is 4.74 Å². The largest absolute Gasteiger partial charge is 0.383 e. The molecule has 0 saturated carbocycles. The predicted octanol–water partition coefficient (Wildman–Crippen LogP) is 1.96. The highest BCUT2D eigenvalue weighted by molar-refractivity contribution is 5.79. The molecule has 1 fully saturated rings. The molecular formula is C21H37N5O. The molecular weight excluding hydrogens is 338 g/mol. The summed E-state index contributed by atoms with van der Waals surface area (Å²) in [5.41, 5.74) is 1.38. The second-order valence-electron chi connectivity index (χ2n) is 7.20. The summed E-state index contributed by atoms with van der Waals surface area (Å²) in [4.78, 5) is 9.26. The van der Waals surface area contributed by atoms with E-state index in [1.165, 1.54) is 31.5 Å². The van der Waals surface area contributed by atoms with E-state index in [2.05, 4.69) is 62.8 Å². The first-order chi connectivity index (χ1) is 13.2. The van der Waals surface area contributed by atoms with E-state index in [-0.39, 0.29) is 0 Å². The van der Waals surface area contributed by atoms with Crippen LogP contribution in [0.2, 0.25) is 0 Å². The van der Waals surface area contributed by atoms with Crippen molar-refractivity contribution in [2.24, 2.45) is 4.99 Å². The maximum Gasteiger partial charge on any atom is 0.191 e. The van der Waals surface area contributed by atoms with Crippen LogP contribution >= 0.6 is 0 Å². The number of ether oxygens (including phenoxy) is 1. The molecule has 1 aromatic rings. The summed E-state index contributed by atoms with van der Waals surface area (Å²) in [7, 11) is 5.72. The molecule has 0 radical (unpaired) electrons. The number of benzene rings is 1. The monoisotopic (exact) mass is 375 g/mol. The number of nitrogens with zero attached hydrogens (tertiary/aromatic N) is 3. The van der Waals surface area contributed by atoms with Crippen molar-refractivity contribution in [2.75, 3.05) is 67.1 Å². The number of hydrogen-bond acceptors (Lipinski definition) is 4. The summed E-state index contributed by atoms with van der Waals surface area (Å²) in [5.74, 6) is 0.884. The summed E-state index contributed by atoms with van der Waals surface area (Å²) in [6.45, 7) is 6.95. The maximum atomic E-state index is 5.12. The Balaban J connectivity index is 1.77. The Morgan fingerprint density at radius 3 is 2.59 bits per heavy atom. The molecule has 0 aromatic heterocycles. The van der Waals surface area contributed by atoms with Crippen molar-refractivity contribution in [3.8, 4) is 0 Å². The van der Waals surface area contributed by atoms with Gasteiger partial charge in [-0.05, 0) is 51.5 Å². The smallest absolute Gasteiger partial charge is 0.191 e. The van der Waals surface area contributed by atoms with Gasteiger partial charge in [-0.25, -0.2) is 0 Å². The zero-order valence-electron chi connectivity index (χ0n) is 17.3. The van der Waals surface area contributed by atoms with Gasteiger partial charge in [-0.3, -0.25) is 9.89 Å². The minimum absolute atomic E-state index is 0.396. The van der Waals surface area contributed by atoms with Gasteiger partial charge in [0.2, 0.25) is 0 Å². The van der Waals surface area contributed by atoms with Gasteiger partial charge < -0.3 is 20.3 Å². The van der Waals surface area contributed by atoms with Gasteiger partial charge in [0.05, 0.1) is 12.6 Å². The molecule has 1 aliphatic heterocycles. The van der Waals surface area contributed by atoms with E-state index in [1.54, 1.807) is 7.11 Å². The molecule has 1 heterocycles. The molecule has 1 aliphatic rings. The van der Waals surface area contributed by atoms with E-state index in [1.807, 2.05) is 7.05 Å². The van der Waals surface area contributed by atoms with Crippen LogP contribution in [0.4, 0.5) is 0 Å². The van der Waals surface area contributed by atoms with Crippen LogP contribution in [0.1, 0.15) is 30.9 Å². The van der Waals surface area contributed by atoms with Gasteiger partial charge in [-0.15, -0.1) is 0 Å². The normalized spacial score (nSPS) is 16.7. The summed E-state index contributed by atoms with van der Waals surface area (Å²) in [5, 5.41) is 6.97. The predicted molar refractivity (Wildman–Crippen MR) is 113 cm³/mol. The van der Waals surface area contributed by atoms with Gasteiger partial charge in [0.15, 0.2) is 5.96 Å². The van der Waals surface area contributed by atoms with Crippen LogP contribution in [0.25, 0.3) is 0 Å². The second kappa shape index (κ2) is 12.7. The Hall–Kier alpha value is -1.63. The van der Waals surface area contributed by atoms with Crippen molar-refractivity contribution in [1.29, 1.82) is 0 Å². The lowest BCUT2D eigenvalue weighted by molar-refractivity contribution is 0.161. The summed E-state index contributed by atoms with van der Waals surface area (Å²) in [6, 6.07) is 11.2. The van der Waals surface area contributed by atoms with Crippen molar-refractivity contribution >= 4 is 5.96 Å². The Bertz CT molecular complexity index is 531. The molecule has 152 valence electrons. The van der Waals surface area contributed by atoms with Gasteiger partial charge >= 0.3 is 0 Å². The van der Waals surface area contributed by atoms with Crippen LogP contribution < -0.4 is 10.6 Å². The minimum Gasteiger partial charge on any atom is -0.383 e. The van der Waals surface area contributed by atoms with Crippen molar-refractivity contribution in [3.05, 3.63) is 35.9 Å². The molecule has 2 rings (SSSR count). The van der Waals surface area contributed by atoms with Gasteiger partial charge in [0.1, 0.15) is 0 Å². The fourth-order valence-corrected chi connectivity index (χ4v) is 3.51. The first kappa shape index (κ1) is 21.7. The molecule has 6 nitrogen and oxygen atoms in total. The number of methoxy groups -OCH3 is 1. The third-order valence-electron chi connectivity index (χ3n) is 5.14. The molecule has 0 spiro atoms. The van der Waals surface area contributed by atoms with Crippen LogP contribution in [0, 0.1) is 0 Å². The average molecular weight is 376 g/mol.